The largest absolute Gasteiger partial charge is 0.405 e. The van der Waals surface area contributed by atoms with Gasteiger partial charge in [-0.2, -0.15) is 13.2 Å². The number of primary amides is 1. The first-order chi connectivity index (χ1) is 15.4. The van der Waals surface area contributed by atoms with E-state index < -0.39 is 30.1 Å². The zero-order valence-corrected chi connectivity index (χ0v) is 17.7. The van der Waals surface area contributed by atoms with Crippen molar-refractivity contribution in [2.24, 2.45) is 5.73 Å². The molecule has 0 fully saturated rings. The zero-order chi connectivity index (χ0) is 24.8. The van der Waals surface area contributed by atoms with E-state index in [-0.39, 0.29) is 12.5 Å². The van der Waals surface area contributed by atoms with E-state index >= 15 is 0 Å². The lowest BCUT2D eigenvalue weighted by Gasteiger charge is -2.21. The molecule has 1 aliphatic heterocycles. The van der Waals surface area contributed by atoms with Gasteiger partial charge in [0.2, 0.25) is 11.5 Å². The number of hydrogen-bond acceptors (Lipinski definition) is 5. The van der Waals surface area contributed by atoms with Crippen LogP contribution < -0.4 is 16.0 Å². The topological polar surface area (TPSA) is 133 Å². The molecular formula is C22H24F3N3O5. The predicted octanol–water partition coefficient (Wildman–Crippen LogP) is 1.14. The number of hydrogen-bond donors (Lipinski definition) is 4. The van der Waals surface area contributed by atoms with Gasteiger partial charge in [0, 0.05) is 12.1 Å². The number of amides is 3. The Morgan fingerprint density at radius 3 is 2.24 bits per heavy atom. The van der Waals surface area contributed by atoms with Crippen LogP contribution in [0.15, 0.2) is 48.5 Å². The van der Waals surface area contributed by atoms with Gasteiger partial charge in [-0.3, -0.25) is 14.4 Å². The van der Waals surface area contributed by atoms with Crippen molar-refractivity contribution in [3.05, 3.63) is 54.1 Å². The highest BCUT2D eigenvalue weighted by atomic mass is 19.4. The Labute approximate surface area is 187 Å². The van der Waals surface area contributed by atoms with E-state index in [0.717, 1.165) is 22.4 Å². The Morgan fingerprint density at radius 2 is 1.67 bits per heavy atom. The summed E-state index contributed by atoms with van der Waals surface area (Å²) in [6.07, 6.45) is -4.23. The summed E-state index contributed by atoms with van der Waals surface area (Å²) in [5, 5.41) is 19.5. The summed E-state index contributed by atoms with van der Waals surface area (Å²) in [4.78, 5) is 35.2. The zero-order valence-electron chi connectivity index (χ0n) is 17.7. The number of aliphatic hydroxyl groups is 2. The Hall–Kier alpha value is -3.44. The van der Waals surface area contributed by atoms with Gasteiger partial charge in [-0.25, -0.2) is 0 Å². The van der Waals surface area contributed by atoms with Crippen LogP contribution in [-0.4, -0.2) is 59.4 Å². The molecule has 2 aromatic rings. The minimum atomic E-state index is -4.61. The molecule has 0 radical (unpaired) electrons. The number of nitrogens with one attached hydrogen (secondary N) is 1. The Balaban J connectivity index is 0.000000248. The van der Waals surface area contributed by atoms with E-state index in [1.807, 2.05) is 48.5 Å². The maximum Gasteiger partial charge on any atom is 0.405 e. The molecule has 0 saturated heterocycles. The van der Waals surface area contributed by atoms with Gasteiger partial charge in [-0.1, -0.05) is 42.5 Å². The molecule has 0 saturated carbocycles. The van der Waals surface area contributed by atoms with E-state index in [1.165, 1.54) is 5.32 Å². The summed E-state index contributed by atoms with van der Waals surface area (Å²) in [7, 11) is 0. The molecule has 1 atom stereocenters. The van der Waals surface area contributed by atoms with Gasteiger partial charge in [0.05, 0.1) is 18.7 Å². The minimum absolute atomic E-state index is 0.0313. The van der Waals surface area contributed by atoms with Crippen molar-refractivity contribution in [1.29, 1.82) is 0 Å². The Bertz CT molecular complexity index is 1020. The third kappa shape index (κ3) is 6.53. The molecule has 11 heteroatoms. The average Bonchev–Trinajstić information content (AvgIpc) is 2.87. The number of alkyl halides is 3. The van der Waals surface area contributed by atoms with Crippen molar-refractivity contribution in [3.63, 3.8) is 0 Å². The van der Waals surface area contributed by atoms with Gasteiger partial charge in [-0.05, 0) is 24.1 Å². The molecule has 5 N–H and O–H groups in total. The van der Waals surface area contributed by atoms with Crippen LogP contribution in [0, 0.1) is 0 Å². The summed E-state index contributed by atoms with van der Waals surface area (Å²) < 4.78 is 34.8. The van der Waals surface area contributed by atoms with Crippen molar-refractivity contribution < 1.29 is 37.8 Å². The molecule has 3 amide bonds. The molecule has 2 aromatic carbocycles. The van der Waals surface area contributed by atoms with Crippen LogP contribution in [-0.2, 0) is 20.8 Å². The molecule has 33 heavy (non-hydrogen) atoms. The predicted molar refractivity (Wildman–Crippen MR) is 114 cm³/mol. The number of carbonyl (C=O) groups is 3. The number of aliphatic hydroxyl groups excluding tert-OH is 1. The summed E-state index contributed by atoms with van der Waals surface area (Å²) in [6, 6.07) is 15.8. The molecule has 3 rings (SSSR count). The third-order valence-corrected chi connectivity index (χ3v) is 4.84. The van der Waals surface area contributed by atoms with E-state index in [4.69, 9.17) is 5.11 Å². The molecule has 0 bridgehead atoms. The summed E-state index contributed by atoms with van der Waals surface area (Å²) in [6.45, 7) is -0.615. The summed E-state index contributed by atoms with van der Waals surface area (Å²) >= 11 is 0. The number of carbonyl (C=O) groups excluding carboxylic acids is 3. The average molecular weight is 467 g/mol. The second kappa shape index (κ2) is 10.5. The van der Waals surface area contributed by atoms with Crippen LogP contribution in [0.5, 0.6) is 0 Å². The highest BCUT2D eigenvalue weighted by Gasteiger charge is 2.39. The second-order valence-electron chi connectivity index (χ2n) is 7.35. The van der Waals surface area contributed by atoms with E-state index in [1.54, 1.807) is 4.90 Å². The summed E-state index contributed by atoms with van der Waals surface area (Å²) in [5.41, 5.74) is 6.03. The second-order valence-corrected chi connectivity index (χ2v) is 7.35. The number of nitrogens with zero attached hydrogens (tertiary/aromatic N) is 1. The van der Waals surface area contributed by atoms with Crippen LogP contribution in [0.2, 0.25) is 0 Å². The van der Waals surface area contributed by atoms with Crippen LogP contribution >= 0.6 is 0 Å². The van der Waals surface area contributed by atoms with Gasteiger partial charge >= 0.3 is 6.18 Å². The Kier molecular flexibility index (Phi) is 8.18. The number of fused-ring (bicyclic) bond motifs is 3. The van der Waals surface area contributed by atoms with Crippen molar-refractivity contribution in [2.45, 2.75) is 25.1 Å². The van der Waals surface area contributed by atoms with Crippen LogP contribution in [0.1, 0.15) is 12.5 Å². The first-order valence-corrected chi connectivity index (χ1v) is 9.84. The van der Waals surface area contributed by atoms with Gasteiger partial charge in [-0.15, -0.1) is 0 Å². The van der Waals surface area contributed by atoms with E-state index in [0.29, 0.717) is 19.9 Å². The molecule has 1 heterocycles. The molecular weight excluding hydrogens is 443 g/mol. The number of β-amino-alcohol motifs (C(OH)–C–C–N with tert-alkyl or cyclic N) is 1. The number of nitrogens with two attached hydrogens (primary N) is 1. The van der Waals surface area contributed by atoms with Gasteiger partial charge in [0.1, 0.15) is 6.54 Å². The fourth-order valence-electron chi connectivity index (χ4n) is 3.08. The maximum atomic E-state index is 12.3. The fourth-order valence-corrected chi connectivity index (χ4v) is 3.08. The van der Waals surface area contributed by atoms with Crippen molar-refractivity contribution in [2.75, 3.05) is 24.6 Å². The maximum absolute atomic E-state index is 12.3. The SMILES string of the molecule is CC(O)(C(N)=O)C(=O)NCC(F)(F)F.O=C1Cc2ccccc2-c2ccccc2N1CCO. The summed E-state index contributed by atoms with van der Waals surface area (Å²) in [5.74, 6) is -2.87. The van der Waals surface area contributed by atoms with Gasteiger partial charge < -0.3 is 26.2 Å². The number of benzene rings is 2. The van der Waals surface area contributed by atoms with Gasteiger partial charge in [0.15, 0.2) is 0 Å². The molecule has 1 aliphatic rings. The number of rotatable bonds is 5. The molecule has 1 unspecified atom stereocenters. The standard InChI is InChI=1S/C16H15NO2.C6H9F3N2O3/c18-10-9-17-15-8-4-3-7-14(15)13-6-2-1-5-12(13)11-16(17)19;1-5(14,3(10)12)4(13)11-2-6(7,8)9/h1-8,18H,9-11H2;14H,2H2,1H3,(H2,10,12)(H,11,13). The van der Waals surface area contributed by atoms with Crippen molar-refractivity contribution in [3.8, 4) is 11.1 Å². The third-order valence-electron chi connectivity index (χ3n) is 4.84. The molecule has 0 aromatic heterocycles. The smallest absolute Gasteiger partial charge is 0.395 e. The van der Waals surface area contributed by atoms with Crippen LogP contribution in [0.4, 0.5) is 18.9 Å². The first kappa shape index (κ1) is 25.8. The Morgan fingerprint density at radius 1 is 1.09 bits per heavy atom. The van der Waals surface area contributed by atoms with E-state index in [2.05, 4.69) is 5.73 Å². The van der Waals surface area contributed by atoms with Crippen LogP contribution in [0.3, 0.4) is 0 Å². The van der Waals surface area contributed by atoms with E-state index in [9.17, 15) is 32.7 Å². The first-order valence-electron chi connectivity index (χ1n) is 9.84. The number of anilines is 1. The number of halogens is 3. The number of para-hydroxylation sites is 1. The molecule has 0 aliphatic carbocycles. The van der Waals surface area contributed by atoms with Crippen molar-refractivity contribution in [1.82, 2.24) is 5.32 Å². The highest BCUT2D eigenvalue weighted by molar-refractivity contribution is 6.07. The lowest BCUT2D eigenvalue weighted by molar-refractivity contribution is -0.156. The quantitative estimate of drug-likeness (QED) is 0.490. The highest BCUT2D eigenvalue weighted by Crippen LogP contribution is 2.36. The van der Waals surface area contributed by atoms with Crippen LogP contribution in [0.25, 0.3) is 11.1 Å². The fraction of sp³-hybridized carbons (Fsp3) is 0.318. The molecule has 8 nitrogen and oxygen atoms in total. The normalized spacial score (nSPS) is 14.6. The lowest BCUT2D eigenvalue weighted by atomic mass is 9.98. The lowest BCUT2D eigenvalue weighted by Crippen LogP contribution is -2.54. The monoisotopic (exact) mass is 467 g/mol. The van der Waals surface area contributed by atoms with Gasteiger partial charge in [0.25, 0.3) is 11.8 Å². The van der Waals surface area contributed by atoms with Crippen molar-refractivity contribution >= 4 is 23.4 Å². The molecule has 178 valence electrons. The minimum Gasteiger partial charge on any atom is -0.395 e. The molecule has 0 spiro atoms.